The number of likely N-dealkylation sites (tertiary alicyclic amines) is 1. The van der Waals surface area contributed by atoms with Crippen LogP contribution in [0.25, 0.3) is 0 Å². The lowest BCUT2D eigenvalue weighted by Gasteiger charge is -2.38. The molecule has 3 rings (SSSR count). The predicted octanol–water partition coefficient (Wildman–Crippen LogP) is 1.66. The van der Waals surface area contributed by atoms with Gasteiger partial charge in [0.15, 0.2) is 0 Å². The van der Waals surface area contributed by atoms with Gasteiger partial charge in [-0.25, -0.2) is 0 Å². The maximum Gasteiger partial charge on any atom is 0.312 e. The van der Waals surface area contributed by atoms with Gasteiger partial charge in [0.05, 0.1) is 5.41 Å². The molecule has 5 heteroatoms. The predicted molar refractivity (Wildman–Crippen MR) is 72.7 cm³/mol. The lowest BCUT2D eigenvalue weighted by molar-refractivity contribution is 0.189. The molecule has 2 heterocycles. The summed E-state index contributed by atoms with van der Waals surface area (Å²) in [6.07, 6.45) is 1.93. The van der Waals surface area contributed by atoms with Crippen molar-refractivity contribution in [1.29, 1.82) is 0 Å². The molecule has 1 aromatic heterocycles. The molecule has 0 saturated carbocycles. The second kappa shape index (κ2) is 4.66. The van der Waals surface area contributed by atoms with E-state index in [4.69, 9.17) is 10.2 Å². The molecule has 0 aliphatic carbocycles. The normalized spacial score (nSPS) is 19.4. The van der Waals surface area contributed by atoms with Gasteiger partial charge in [-0.05, 0) is 38.5 Å². The Kier molecular flexibility index (Phi) is 2.98. The Morgan fingerprint density at radius 2 is 1.84 bits per heavy atom. The molecule has 2 aromatic rings. The molecule has 5 nitrogen and oxygen atoms in total. The fourth-order valence-electron chi connectivity index (χ4n) is 2.81. The molecule has 1 aliphatic heterocycles. The largest absolute Gasteiger partial charge is 0.407 e. The molecule has 0 amide bonds. The maximum absolute atomic E-state index is 5.60. The van der Waals surface area contributed by atoms with Gasteiger partial charge < -0.3 is 15.1 Å². The Labute approximate surface area is 112 Å². The summed E-state index contributed by atoms with van der Waals surface area (Å²) in [5.41, 5.74) is 6.63. The highest BCUT2D eigenvalue weighted by Crippen LogP contribution is 2.40. The number of hydrogen-bond donors (Lipinski definition) is 1. The van der Waals surface area contributed by atoms with Gasteiger partial charge in [0, 0.05) is 0 Å². The van der Waals surface area contributed by atoms with Crippen LogP contribution in [-0.2, 0) is 5.41 Å². The van der Waals surface area contributed by atoms with Gasteiger partial charge in [0.2, 0.25) is 5.89 Å². The number of hydrogen-bond acceptors (Lipinski definition) is 5. The fraction of sp³-hybridized carbons (Fsp3) is 0.429. The number of anilines is 1. The van der Waals surface area contributed by atoms with E-state index in [1.165, 1.54) is 5.56 Å². The minimum absolute atomic E-state index is 0.143. The first-order chi connectivity index (χ1) is 9.21. The van der Waals surface area contributed by atoms with Crippen LogP contribution in [-0.4, -0.2) is 35.2 Å². The number of benzene rings is 1. The topological polar surface area (TPSA) is 68.2 Å². The van der Waals surface area contributed by atoms with E-state index in [0.717, 1.165) is 25.9 Å². The molecule has 2 N–H and O–H groups in total. The van der Waals surface area contributed by atoms with Gasteiger partial charge >= 0.3 is 6.01 Å². The van der Waals surface area contributed by atoms with Crippen LogP contribution >= 0.6 is 0 Å². The molecular weight excluding hydrogens is 240 g/mol. The van der Waals surface area contributed by atoms with Crippen molar-refractivity contribution < 1.29 is 4.42 Å². The van der Waals surface area contributed by atoms with E-state index in [1.54, 1.807) is 0 Å². The molecule has 1 saturated heterocycles. The third-order valence-corrected chi connectivity index (χ3v) is 4.02. The van der Waals surface area contributed by atoms with E-state index >= 15 is 0 Å². The second-order valence-electron chi connectivity index (χ2n) is 5.20. The quantitative estimate of drug-likeness (QED) is 0.887. The lowest BCUT2D eigenvalue weighted by Crippen LogP contribution is -2.41. The van der Waals surface area contributed by atoms with Gasteiger partial charge in [-0.3, -0.25) is 0 Å². The summed E-state index contributed by atoms with van der Waals surface area (Å²) in [4.78, 5) is 2.32. The van der Waals surface area contributed by atoms with Crippen LogP contribution in [0.3, 0.4) is 0 Å². The van der Waals surface area contributed by atoms with Crippen molar-refractivity contribution in [2.24, 2.45) is 0 Å². The zero-order valence-corrected chi connectivity index (χ0v) is 11.0. The number of nitrogens with two attached hydrogens (primary N) is 1. The van der Waals surface area contributed by atoms with Crippen LogP contribution < -0.4 is 5.73 Å². The molecule has 0 atom stereocenters. The first kappa shape index (κ1) is 12.2. The van der Waals surface area contributed by atoms with Gasteiger partial charge in [-0.15, -0.1) is 5.10 Å². The highest BCUT2D eigenvalue weighted by atomic mass is 16.4. The molecule has 0 bridgehead atoms. The van der Waals surface area contributed by atoms with Gasteiger partial charge in [-0.2, -0.15) is 0 Å². The van der Waals surface area contributed by atoms with Crippen LogP contribution in [0.15, 0.2) is 34.7 Å². The number of aromatic nitrogens is 2. The third kappa shape index (κ3) is 2.10. The molecule has 0 radical (unpaired) electrons. The first-order valence-electron chi connectivity index (χ1n) is 6.54. The summed E-state index contributed by atoms with van der Waals surface area (Å²) in [5, 5.41) is 7.98. The monoisotopic (exact) mass is 258 g/mol. The molecule has 100 valence electrons. The Morgan fingerprint density at radius 1 is 1.16 bits per heavy atom. The van der Waals surface area contributed by atoms with E-state index < -0.39 is 0 Å². The van der Waals surface area contributed by atoms with Crippen molar-refractivity contribution in [2.45, 2.75) is 18.3 Å². The van der Waals surface area contributed by atoms with Crippen molar-refractivity contribution in [3.05, 3.63) is 41.8 Å². The van der Waals surface area contributed by atoms with Gasteiger partial charge in [0.1, 0.15) is 0 Å². The van der Waals surface area contributed by atoms with Crippen molar-refractivity contribution in [3.63, 3.8) is 0 Å². The van der Waals surface area contributed by atoms with Crippen LogP contribution in [0.2, 0.25) is 0 Å². The van der Waals surface area contributed by atoms with Crippen LogP contribution in [0, 0.1) is 0 Å². The van der Waals surface area contributed by atoms with E-state index in [-0.39, 0.29) is 11.4 Å². The van der Waals surface area contributed by atoms with Crippen molar-refractivity contribution in [2.75, 3.05) is 25.9 Å². The fourth-order valence-corrected chi connectivity index (χ4v) is 2.81. The Bertz CT molecular complexity index is 544. The summed E-state index contributed by atoms with van der Waals surface area (Å²) in [6.45, 7) is 2.02. The van der Waals surface area contributed by atoms with Crippen molar-refractivity contribution in [3.8, 4) is 0 Å². The molecule has 0 unspecified atom stereocenters. The standard InChI is InChI=1S/C14H18N4O/c1-18-9-7-14(8-10-18,11-5-3-2-4-6-11)12-16-17-13(15)19-12/h2-6H,7-10H2,1H3,(H2,15,17). The lowest BCUT2D eigenvalue weighted by atomic mass is 9.72. The van der Waals surface area contributed by atoms with Crippen LogP contribution in [0.5, 0.6) is 0 Å². The zero-order valence-electron chi connectivity index (χ0n) is 11.0. The van der Waals surface area contributed by atoms with Gasteiger partial charge in [0.25, 0.3) is 0 Å². The first-order valence-corrected chi connectivity index (χ1v) is 6.54. The Morgan fingerprint density at radius 3 is 2.42 bits per heavy atom. The number of nitrogens with zero attached hydrogens (tertiary/aromatic N) is 3. The summed E-state index contributed by atoms with van der Waals surface area (Å²) >= 11 is 0. The van der Waals surface area contributed by atoms with Crippen molar-refractivity contribution in [1.82, 2.24) is 15.1 Å². The zero-order chi connectivity index (χ0) is 13.3. The molecule has 1 fully saturated rings. The highest BCUT2D eigenvalue weighted by Gasteiger charge is 2.41. The number of nitrogen functional groups attached to an aromatic ring is 1. The number of rotatable bonds is 2. The summed E-state index contributed by atoms with van der Waals surface area (Å²) < 4.78 is 5.55. The summed E-state index contributed by atoms with van der Waals surface area (Å²) in [6, 6.07) is 10.5. The van der Waals surface area contributed by atoms with Crippen LogP contribution in [0.4, 0.5) is 6.01 Å². The van der Waals surface area contributed by atoms with E-state index in [2.05, 4.69) is 46.4 Å². The van der Waals surface area contributed by atoms with Gasteiger partial charge in [-0.1, -0.05) is 35.4 Å². The third-order valence-electron chi connectivity index (χ3n) is 4.02. The minimum Gasteiger partial charge on any atom is -0.407 e. The van der Waals surface area contributed by atoms with E-state index in [0.29, 0.717) is 5.89 Å². The average Bonchev–Trinajstić information content (AvgIpc) is 2.88. The molecule has 19 heavy (non-hydrogen) atoms. The summed E-state index contributed by atoms with van der Waals surface area (Å²) in [5.74, 6) is 0.643. The SMILES string of the molecule is CN1CCC(c2ccccc2)(c2nnc(N)o2)CC1. The molecular formula is C14H18N4O. The molecule has 0 spiro atoms. The van der Waals surface area contributed by atoms with Crippen molar-refractivity contribution >= 4 is 6.01 Å². The minimum atomic E-state index is -0.196. The Balaban J connectivity index is 2.06. The maximum atomic E-state index is 5.60. The van der Waals surface area contributed by atoms with E-state index in [9.17, 15) is 0 Å². The molecule has 1 aromatic carbocycles. The molecule has 1 aliphatic rings. The van der Waals surface area contributed by atoms with E-state index in [1.807, 2.05) is 6.07 Å². The highest BCUT2D eigenvalue weighted by molar-refractivity contribution is 5.33. The Hall–Kier alpha value is -1.88. The number of piperidine rings is 1. The average molecular weight is 258 g/mol. The van der Waals surface area contributed by atoms with Crippen LogP contribution in [0.1, 0.15) is 24.3 Å². The second-order valence-corrected chi connectivity index (χ2v) is 5.20. The smallest absolute Gasteiger partial charge is 0.312 e. The summed E-state index contributed by atoms with van der Waals surface area (Å²) in [7, 11) is 2.14.